The summed E-state index contributed by atoms with van der Waals surface area (Å²) in [7, 11) is 0. The van der Waals surface area contributed by atoms with Crippen molar-refractivity contribution in [1.82, 2.24) is 15.2 Å². The zero-order chi connectivity index (χ0) is 22.3. The summed E-state index contributed by atoms with van der Waals surface area (Å²) < 4.78 is 0. The molecule has 0 radical (unpaired) electrons. The summed E-state index contributed by atoms with van der Waals surface area (Å²) in [5.41, 5.74) is 2.48. The second-order valence-corrected chi connectivity index (χ2v) is 9.79. The quantitative estimate of drug-likeness (QED) is 0.383. The third kappa shape index (κ3) is 7.19. The molecule has 2 saturated carbocycles. The molecule has 2 heterocycles. The fourth-order valence-electron chi connectivity index (χ4n) is 4.61. The van der Waals surface area contributed by atoms with Crippen LogP contribution >= 0.6 is 0 Å². The number of carbonyl (C=O) groups is 2. The minimum atomic E-state index is -0.924. The Morgan fingerprint density at radius 3 is 2.78 bits per heavy atom. The number of carboxylic acids is 1. The van der Waals surface area contributed by atoms with Gasteiger partial charge in [-0.1, -0.05) is 18.9 Å². The van der Waals surface area contributed by atoms with Gasteiger partial charge in [0.1, 0.15) is 11.9 Å². The number of hydrogen-bond donors (Lipinski definition) is 3. The van der Waals surface area contributed by atoms with Gasteiger partial charge in [0.25, 0.3) is 0 Å². The van der Waals surface area contributed by atoms with Crippen LogP contribution < -0.4 is 10.6 Å². The summed E-state index contributed by atoms with van der Waals surface area (Å²) >= 11 is 0. The molecule has 0 spiro atoms. The molecule has 2 fully saturated rings. The molecule has 3 aliphatic rings. The molecule has 1 amide bonds. The first-order valence-electron chi connectivity index (χ1n) is 12.6. The van der Waals surface area contributed by atoms with E-state index >= 15 is 0 Å². The Morgan fingerprint density at radius 2 is 2.03 bits per heavy atom. The average molecular weight is 443 g/mol. The third-order valence-corrected chi connectivity index (χ3v) is 6.96. The second kappa shape index (κ2) is 11.1. The molecule has 1 aliphatic heterocycles. The Hall–Kier alpha value is -2.15. The number of pyridine rings is 1. The number of fused-ring (bicyclic) bond motifs is 1. The number of unbranched alkanes of at least 4 members (excludes halogenated alkanes) is 1. The van der Waals surface area contributed by atoms with Gasteiger partial charge < -0.3 is 20.6 Å². The van der Waals surface area contributed by atoms with Gasteiger partial charge in [0.05, 0.1) is 0 Å². The SMILES string of the molecule is O=C(CCC1CC1)NC(CCN(CCCCc1ccc2c(n1)NCCC2)C1CC1)C(=O)O. The number of nitrogens with one attached hydrogen (secondary N) is 2. The van der Waals surface area contributed by atoms with E-state index in [0.717, 1.165) is 63.3 Å². The highest BCUT2D eigenvalue weighted by molar-refractivity contribution is 5.83. The number of carbonyl (C=O) groups excluding carboxylic acids is 1. The normalized spacial score (nSPS) is 18.7. The number of aliphatic carboxylic acids is 1. The third-order valence-electron chi connectivity index (χ3n) is 6.96. The van der Waals surface area contributed by atoms with E-state index in [-0.39, 0.29) is 5.91 Å². The predicted molar refractivity (Wildman–Crippen MR) is 125 cm³/mol. The van der Waals surface area contributed by atoms with E-state index in [1.165, 1.54) is 37.7 Å². The summed E-state index contributed by atoms with van der Waals surface area (Å²) in [5.74, 6) is 0.705. The number of nitrogens with zero attached hydrogens (tertiary/aromatic N) is 2. The molecule has 1 unspecified atom stereocenters. The van der Waals surface area contributed by atoms with Crippen LogP contribution in [0.4, 0.5) is 5.82 Å². The minimum absolute atomic E-state index is 0.116. The minimum Gasteiger partial charge on any atom is -0.480 e. The van der Waals surface area contributed by atoms with Gasteiger partial charge in [0.15, 0.2) is 0 Å². The Labute approximate surface area is 191 Å². The van der Waals surface area contributed by atoms with Crippen molar-refractivity contribution in [1.29, 1.82) is 0 Å². The zero-order valence-electron chi connectivity index (χ0n) is 19.2. The molecule has 0 saturated heterocycles. The number of aromatic nitrogens is 1. The summed E-state index contributed by atoms with van der Waals surface area (Å²) in [4.78, 5) is 31.0. The number of hydrogen-bond acceptors (Lipinski definition) is 5. The van der Waals surface area contributed by atoms with Gasteiger partial charge >= 0.3 is 5.97 Å². The van der Waals surface area contributed by atoms with Crippen molar-refractivity contribution in [2.75, 3.05) is 25.0 Å². The molecular formula is C25H38N4O3. The van der Waals surface area contributed by atoms with Crippen LogP contribution in [0.3, 0.4) is 0 Å². The summed E-state index contributed by atoms with van der Waals surface area (Å²) in [5, 5.41) is 15.7. The maximum atomic E-state index is 12.1. The Morgan fingerprint density at radius 1 is 1.19 bits per heavy atom. The van der Waals surface area contributed by atoms with E-state index in [9.17, 15) is 14.7 Å². The lowest BCUT2D eigenvalue weighted by Crippen LogP contribution is -2.43. The lowest BCUT2D eigenvalue weighted by atomic mass is 10.1. The number of anilines is 1. The van der Waals surface area contributed by atoms with Gasteiger partial charge in [0, 0.05) is 31.2 Å². The van der Waals surface area contributed by atoms with Crippen molar-refractivity contribution in [3.05, 3.63) is 23.4 Å². The van der Waals surface area contributed by atoms with E-state index in [0.29, 0.717) is 24.8 Å². The fourth-order valence-corrected chi connectivity index (χ4v) is 4.61. The summed E-state index contributed by atoms with van der Waals surface area (Å²) in [6.45, 7) is 2.72. The van der Waals surface area contributed by atoms with Gasteiger partial charge in [-0.2, -0.15) is 0 Å². The number of aryl methyl sites for hydroxylation is 2. The van der Waals surface area contributed by atoms with Gasteiger partial charge in [0.2, 0.25) is 5.91 Å². The van der Waals surface area contributed by atoms with Crippen molar-refractivity contribution in [2.24, 2.45) is 5.92 Å². The van der Waals surface area contributed by atoms with E-state index in [4.69, 9.17) is 4.98 Å². The smallest absolute Gasteiger partial charge is 0.326 e. The highest BCUT2D eigenvalue weighted by Gasteiger charge is 2.30. The number of amides is 1. The molecule has 32 heavy (non-hydrogen) atoms. The highest BCUT2D eigenvalue weighted by Crippen LogP contribution is 2.33. The first-order valence-corrected chi connectivity index (χ1v) is 12.6. The van der Waals surface area contributed by atoms with Gasteiger partial charge in [-0.05, 0) is 81.9 Å². The standard InChI is InChI=1S/C25H38N4O3/c30-23(13-8-18-6-7-18)28-22(25(31)32)14-17-29(21-11-12-21)16-2-1-5-20-10-9-19-4-3-15-26-24(19)27-20/h9-10,18,21-22H,1-8,11-17H2,(H,26,27)(H,28,30)(H,31,32). The highest BCUT2D eigenvalue weighted by atomic mass is 16.4. The van der Waals surface area contributed by atoms with Crippen LogP contribution in [-0.4, -0.2) is 58.6 Å². The van der Waals surface area contributed by atoms with E-state index in [1.54, 1.807) is 0 Å². The van der Waals surface area contributed by atoms with Crippen LogP contribution in [-0.2, 0) is 22.4 Å². The van der Waals surface area contributed by atoms with Crippen LogP contribution in [0.1, 0.15) is 75.5 Å². The second-order valence-electron chi connectivity index (χ2n) is 9.79. The van der Waals surface area contributed by atoms with Crippen molar-refractivity contribution in [2.45, 2.75) is 89.1 Å². The van der Waals surface area contributed by atoms with E-state index < -0.39 is 12.0 Å². The van der Waals surface area contributed by atoms with Crippen LogP contribution in [0.25, 0.3) is 0 Å². The van der Waals surface area contributed by atoms with Crippen molar-refractivity contribution >= 4 is 17.7 Å². The number of rotatable bonds is 14. The molecule has 1 aromatic heterocycles. The average Bonchev–Trinajstić information content (AvgIpc) is 3.70. The Kier molecular flexibility index (Phi) is 8.00. The lowest BCUT2D eigenvalue weighted by Gasteiger charge is -2.24. The van der Waals surface area contributed by atoms with Crippen LogP contribution in [0.2, 0.25) is 0 Å². The molecule has 3 N–H and O–H groups in total. The molecule has 4 rings (SSSR count). The molecule has 1 atom stereocenters. The zero-order valence-corrected chi connectivity index (χ0v) is 19.2. The molecule has 0 bridgehead atoms. The predicted octanol–water partition coefficient (Wildman–Crippen LogP) is 3.38. The Bertz CT molecular complexity index is 791. The topological polar surface area (TPSA) is 94.6 Å². The van der Waals surface area contributed by atoms with Gasteiger partial charge in [-0.25, -0.2) is 9.78 Å². The first kappa shape index (κ1) is 23.0. The fraction of sp³-hybridized carbons (Fsp3) is 0.720. The van der Waals surface area contributed by atoms with E-state index in [1.807, 2.05) is 0 Å². The van der Waals surface area contributed by atoms with Gasteiger partial charge in [-0.3, -0.25) is 4.79 Å². The number of carboxylic acid groups (broad SMARTS) is 1. The monoisotopic (exact) mass is 442 g/mol. The van der Waals surface area contributed by atoms with Crippen LogP contribution in [0, 0.1) is 5.92 Å². The largest absolute Gasteiger partial charge is 0.480 e. The van der Waals surface area contributed by atoms with Crippen molar-refractivity contribution in [3.8, 4) is 0 Å². The summed E-state index contributed by atoms with van der Waals surface area (Å²) in [6.07, 6.45) is 12.1. The van der Waals surface area contributed by atoms with Crippen LogP contribution in [0.15, 0.2) is 12.1 Å². The van der Waals surface area contributed by atoms with Crippen molar-refractivity contribution < 1.29 is 14.7 Å². The molecule has 1 aromatic rings. The van der Waals surface area contributed by atoms with Crippen LogP contribution in [0.5, 0.6) is 0 Å². The maximum Gasteiger partial charge on any atom is 0.326 e. The summed E-state index contributed by atoms with van der Waals surface area (Å²) in [6, 6.07) is 4.18. The van der Waals surface area contributed by atoms with Gasteiger partial charge in [-0.15, -0.1) is 0 Å². The molecule has 2 aliphatic carbocycles. The molecule has 0 aromatic carbocycles. The molecule has 7 nitrogen and oxygen atoms in total. The Balaban J connectivity index is 1.17. The maximum absolute atomic E-state index is 12.1. The van der Waals surface area contributed by atoms with Crippen molar-refractivity contribution in [3.63, 3.8) is 0 Å². The first-order chi connectivity index (χ1) is 15.6. The molecule has 7 heteroatoms. The van der Waals surface area contributed by atoms with E-state index in [2.05, 4.69) is 27.7 Å². The molecule has 176 valence electrons. The molecular weight excluding hydrogens is 404 g/mol. The lowest BCUT2D eigenvalue weighted by molar-refractivity contribution is -0.142.